The Balaban J connectivity index is 1.65. The van der Waals surface area contributed by atoms with Gasteiger partial charge in [-0.3, -0.25) is 0 Å². The Labute approximate surface area is 191 Å². The SMILES string of the molecule is CCOc1cc(/C=N/NCc2c(Cl)cccc2Cl)ccc1OCc1ccccc1Cl. The molecule has 0 fully saturated rings. The maximum Gasteiger partial charge on any atom is 0.161 e. The minimum Gasteiger partial charge on any atom is -0.490 e. The van der Waals surface area contributed by atoms with E-state index >= 15 is 0 Å². The lowest BCUT2D eigenvalue weighted by Gasteiger charge is -2.13. The lowest BCUT2D eigenvalue weighted by molar-refractivity contribution is 0.269. The van der Waals surface area contributed by atoms with Crippen LogP contribution in [0.25, 0.3) is 0 Å². The molecule has 0 atom stereocenters. The van der Waals surface area contributed by atoms with Gasteiger partial charge in [0.2, 0.25) is 0 Å². The van der Waals surface area contributed by atoms with Crippen molar-refractivity contribution in [3.8, 4) is 11.5 Å². The van der Waals surface area contributed by atoms with Crippen LogP contribution in [0.4, 0.5) is 0 Å². The number of rotatable bonds is 9. The first kappa shape index (κ1) is 22.3. The Hall–Kier alpha value is -2.40. The fourth-order valence-corrected chi connectivity index (χ4v) is 3.43. The first-order valence-corrected chi connectivity index (χ1v) is 10.5. The van der Waals surface area contributed by atoms with Gasteiger partial charge in [-0.15, -0.1) is 0 Å². The van der Waals surface area contributed by atoms with Crippen LogP contribution < -0.4 is 14.9 Å². The van der Waals surface area contributed by atoms with E-state index in [2.05, 4.69) is 10.5 Å². The van der Waals surface area contributed by atoms with E-state index in [-0.39, 0.29) is 0 Å². The molecular weight excluding hydrogens is 443 g/mol. The number of hydrazone groups is 1. The zero-order chi connectivity index (χ0) is 21.3. The summed E-state index contributed by atoms with van der Waals surface area (Å²) in [6.45, 7) is 3.22. The van der Waals surface area contributed by atoms with Crippen LogP contribution in [0.1, 0.15) is 23.6 Å². The van der Waals surface area contributed by atoms with Crippen molar-refractivity contribution in [2.75, 3.05) is 6.61 Å². The van der Waals surface area contributed by atoms with Crippen molar-refractivity contribution < 1.29 is 9.47 Å². The molecule has 0 aliphatic rings. The van der Waals surface area contributed by atoms with Gasteiger partial charge in [-0.1, -0.05) is 59.1 Å². The summed E-state index contributed by atoms with van der Waals surface area (Å²) in [5.74, 6) is 1.28. The molecule has 30 heavy (non-hydrogen) atoms. The minimum absolute atomic E-state index is 0.354. The molecule has 156 valence electrons. The third-order valence-corrected chi connectivity index (χ3v) is 5.31. The van der Waals surface area contributed by atoms with E-state index in [1.807, 2.05) is 55.5 Å². The molecule has 3 rings (SSSR count). The molecule has 3 aromatic rings. The van der Waals surface area contributed by atoms with E-state index in [1.165, 1.54) is 0 Å². The Morgan fingerprint density at radius 2 is 1.60 bits per heavy atom. The highest BCUT2D eigenvalue weighted by molar-refractivity contribution is 6.36. The average molecular weight is 464 g/mol. The fraction of sp³-hybridized carbons (Fsp3) is 0.174. The first-order chi connectivity index (χ1) is 14.6. The van der Waals surface area contributed by atoms with Gasteiger partial charge < -0.3 is 14.9 Å². The van der Waals surface area contributed by atoms with Crippen LogP contribution in [0.15, 0.2) is 65.8 Å². The molecule has 0 aromatic heterocycles. The molecule has 0 radical (unpaired) electrons. The summed E-state index contributed by atoms with van der Waals surface area (Å²) < 4.78 is 11.7. The third kappa shape index (κ3) is 6.05. The zero-order valence-corrected chi connectivity index (χ0v) is 18.6. The second-order valence-electron chi connectivity index (χ2n) is 6.31. The molecular formula is C23H21Cl3N2O2. The maximum atomic E-state index is 6.20. The molecule has 0 saturated carbocycles. The van der Waals surface area contributed by atoms with Gasteiger partial charge >= 0.3 is 0 Å². The monoisotopic (exact) mass is 462 g/mol. The second kappa shape index (κ2) is 11.1. The van der Waals surface area contributed by atoms with Gasteiger partial charge in [0.05, 0.1) is 19.4 Å². The summed E-state index contributed by atoms with van der Waals surface area (Å²) in [5.41, 5.74) is 5.54. The van der Waals surface area contributed by atoms with Crippen LogP contribution in [0.2, 0.25) is 15.1 Å². The fourth-order valence-electron chi connectivity index (χ4n) is 2.71. The molecule has 4 nitrogen and oxygen atoms in total. The highest BCUT2D eigenvalue weighted by Gasteiger charge is 2.08. The standard InChI is InChI=1S/C23H21Cl3N2O2/c1-2-29-23-12-16(13-27-28-14-18-20(25)8-5-9-21(18)26)10-11-22(23)30-15-17-6-3-4-7-19(17)24/h3-13,28H,2,14-15H2,1H3/b27-13+. The van der Waals surface area contributed by atoms with E-state index in [0.29, 0.717) is 46.3 Å². The van der Waals surface area contributed by atoms with Crippen molar-refractivity contribution in [1.82, 2.24) is 5.43 Å². The third-order valence-electron chi connectivity index (χ3n) is 4.23. The maximum absolute atomic E-state index is 6.20. The number of nitrogens with one attached hydrogen (secondary N) is 1. The molecule has 1 N–H and O–H groups in total. The van der Waals surface area contributed by atoms with E-state index in [0.717, 1.165) is 16.7 Å². The van der Waals surface area contributed by atoms with Crippen LogP contribution in [0.3, 0.4) is 0 Å². The van der Waals surface area contributed by atoms with Gasteiger partial charge in [0, 0.05) is 26.2 Å². The lowest BCUT2D eigenvalue weighted by Crippen LogP contribution is -2.07. The van der Waals surface area contributed by atoms with Crippen LogP contribution in [0.5, 0.6) is 11.5 Å². The van der Waals surface area contributed by atoms with Gasteiger partial charge in [0.25, 0.3) is 0 Å². The van der Waals surface area contributed by atoms with E-state index in [9.17, 15) is 0 Å². The topological polar surface area (TPSA) is 42.8 Å². The molecule has 0 amide bonds. The highest BCUT2D eigenvalue weighted by Crippen LogP contribution is 2.30. The normalized spacial score (nSPS) is 10.9. The average Bonchev–Trinajstić information content (AvgIpc) is 2.73. The van der Waals surface area contributed by atoms with Crippen molar-refractivity contribution >= 4 is 41.0 Å². The molecule has 7 heteroatoms. The Kier molecular flexibility index (Phi) is 8.26. The summed E-state index contributed by atoms with van der Waals surface area (Å²) in [6, 6.07) is 18.6. The van der Waals surface area contributed by atoms with Crippen molar-refractivity contribution in [1.29, 1.82) is 0 Å². The Morgan fingerprint density at radius 3 is 2.33 bits per heavy atom. The quantitative estimate of drug-likeness (QED) is 0.282. The Bertz CT molecular complexity index is 1000. The molecule has 0 aliphatic carbocycles. The molecule has 0 saturated heterocycles. The van der Waals surface area contributed by atoms with Crippen LogP contribution in [-0.4, -0.2) is 12.8 Å². The van der Waals surface area contributed by atoms with Crippen LogP contribution in [0, 0.1) is 0 Å². The summed E-state index contributed by atoms with van der Waals surface area (Å²) in [4.78, 5) is 0. The summed E-state index contributed by atoms with van der Waals surface area (Å²) in [5, 5.41) is 6.12. The molecule has 0 unspecified atom stereocenters. The number of benzene rings is 3. The number of halogens is 3. The first-order valence-electron chi connectivity index (χ1n) is 9.40. The van der Waals surface area contributed by atoms with E-state index in [1.54, 1.807) is 18.3 Å². The predicted molar refractivity (Wildman–Crippen MR) is 124 cm³/mol. The summed E-state index contributed by atoms with van der Waals surface area (Å²) >= 11 is 18.5. The van der Waals surface area contributed by atoms with Crippen molar-refractivity contribution in [3.63, 3.8) is 0 Å². The summed E-state index contributed by atoms with van der Waals surface area (Å²) in [6.07, 6.45) is 1.70. The second-order valence-corrected chi connectivity index (χ2v) is 7.53. The summed E-state index contributed by atoms with van der Waals surface area (Å²) in [7, 11) is 0. The number of ether oxygens (including phenoxy) is 2. The van der Waals surface area contributed by atoms with E-state index in [4.69, 9.17) is 44.3 Å². The molecule has 0 heterocycles. The number of nitrogens with zero attached hydrogens (tertiary/aromatic N) is 1. The molecule has 0 spiro atoms. The highest BCUT2D eigenvalue weighted by atomic mass is 35.5. The smallest absolute Gasteiger partial charge is 0.161 e. The minimum atomic E-state index is 0.354. The van der Waals surface area contributed by atoms with E-state index < -0.39 is 0 Å². The molecule has 3 aromatic carbocycles. The van der Waals surface area contributed by atoms with Gasteiger partial charge in [0.15, 0.2) is 11.5 Å². The predicted octanol–water partition coefficient (Wildman–Crippen LogP) is 6.75. The van der Waals surface area contributed by atoms with Crippen molar-refractivity contribution in [2.24, 2.45) is 5.10 Å². The van der Waals surface area contributed by atoms with Crippen LogP contribution in [-0.2, 0) is 13.2 Å². The number of hydrogen-bond donors (Lipinski definition) is 1. The number of hydrogen-bond acceptors (Lipinski definition) is 4. The van der Waals surface area contributed by atoms with Gasteiger partial charge in [-0.05, 0) is 48.9 Å². The van der Waals surface area contributed by atoms with Crippen molar-refractivity contribution in [3.05, 3.63) is 92.4 Å². The van der Waals surface area contributed by atoms with Gasteiger partial charge in [-0.2, -0.15) is 5.10 Å². The van der Waals surface area contributed by atoms with Crippen LogP contribution >= 0.6 is 34.8 Å². The Morgan fingerprint density at radius 1 is 0.867 bits per heavy atom. The zero-order valence-electron chi connectivity index (χ0n) is 16.4. The van der Waals surface area contributed by atoms with Gasteiger partial charge in [0.1, 0.15) is 6.61 Å². The lowest BCUT2D eigenvalue weighted by atomic mass is 10.2. The van der Waals surface area contributed by atoms with Crippen molar-refractivity contribution in [2.45, 2.75) is 20.1 Å². The molecule has 0 aliphatic heterocycles. The largest absolute Gasteiger partial charge is 0.490 e. The van der Waals surface area contributed by atoms with Gasteiger partial charge in [-0.25, -0.2) is 0 Å². The molecule has 0 bridgehead atoms.